The van der Waals surface area contributed by atoms with Crippen LogP contribution in [0.5, 0.6) is 5.75 Å². The first-order valence-electron chi connectivity index (χ1n) is 7.02. The third-order valence-corrected chi connectivity index (χ3v) is 3.35. The molecule has 1 amide bonds. The summed E-state index contributed by atoms with van der Waals surface area (Å²) in [5.74, 6) is 0.659. The SMILES string of the molecule is COCCN(CCOC)C(=O)C1CNc2ccccc2O1. The van der Waals surface area contributed by atoms with E-state index in [0.29, 0.717) is 38.6 Å². The molecule has 0 fully saturated rings. The predicted molar refractivity (Wildman–Crippen MR) is 79.7 cm³/mol. The highest BCUT2D eigenvalue weighted by molar-refractivity contribution is 5.83. The number of amides is 1. The Morgan fingerprint density at radius 2 is 1.95 bits per heavy atom. The molecule has 0 aliphatic carbocycles. The normalized spacial score (nSPS) is 16.6. The van der Waals surface area contributed by atoms with E-state index in [4.69, 9.17) is 14.2 Å². The van der Waals surface area contributed by atoms with Crippen LogP contribution in [0.2, 0.25) is 0 Å². The van der Waals surface area contributed by atoms with E-state index in [0.717, 1.165) is 5.69 Å². The number of ether oxygens (including phenoxy) is 3. The van der Waals surface area contributed by atoms with E-state index in [1.807, 2.05) is 24.3 Å². The van der Waals surface area contributed by atoms with Crippen LogP contribution >= 0.6 is 0 Å². The molecular formula is C15H22N2O4. The summed E-state index contributed by atoms with van der Waals surface area (Å²) in [7, 11) is 3.24. The smallest absolute Gasteiger partial charge is 0.265 e. The van der Waals surface area contributed by atoms with E-state index in [2.05, 4.69) is 5.32 Å². The Bertz CT molecular complexity index is 459. The fourth-order valence-electron chi connectivity index (χ4n) is 2.19. The van der Waals surface area contributed by atoms with E-state index in [-0.39, 0.29) is 5.91 Å². The number of nitrogens with one attached hydrogen (secondary N) is 1. The zero-order chi connectivity index (χ0) is 15.1. The molecule has 116 valence electrons. The second kappa shape index (κ2) is 7.85. The minimum absolute atomic E-state index is 0.0499. The van der Waals surface area contributed by atoms with Crippen molar-refractivity contribution in [2.24, 2.45) is 0 Å². The number of hydrogen-bond acceptors (Lipinski definition) is 5. The molecule has 1 aromatic rings. The monoisotopic (exact) mass is 294 g/mol. The first-order chi connectivity index (χ1) is 10.3. The van der Waals surface area contributed by atoms with Gasteiger partial charge >= 0.3 is 0 Å². The van der Waals surface area contributed by atoms with Gasteiger partial charge in [-0.3, -0.25) is 4.79 Å². The molecule has 0 saturated carbocycles. The van der Waals surface area contributed by atoms with Crippen LogP contribution in [0.25, 0.3) is 0 Å². The van der Waals surface area contributed by atoms with E-state index in [1.165, 1.54) is 0 Å². The summed E-state index contributed by atoms with van der Waals surface area (Å²) < 4.78 is 15.9. The van der Waals surface area contributed by atoms with Crippen LogP contribution in [0.1, 0.15) is 0 Å². The fraction of sp³-hybridized carbons (Fsp3) is 0.533. The maximum absolute atomic E-state index is 12.6. The van der Waals surface area contributed by atoms with Crippen molar-refractivity contribution in [2.45, 2.75) is 6.10 Å². The second-order valence-corrected chi connectivity index (χ2v) is 4.79. The largest absolute Gasteiger partial charge is 0.477 e. The Kier molecular flexibility index (Phi) is 5.83. The maximum atomic E-state index is 12.6. The lowest BCUT2D eigenvalue weighted by atomic mass is 10.2. The Labute approximate surface area is 125 Å². The molecule has 0 bridgehead atoms. The molecule has 0 saturated heterocycles. The van der Waals surface area contributed by atoms with Crippen LogP contribution in [0.4, 0.5) is 5.69 Å². The lowest BCUT2D eigenvalue weighted by molar-refractivity contribution is -0.139. The van der Waals surface area contributed by atoms with Crippen molar-refractivity contribution < 1.29 is 19.0 Å². The Morgan fingerprint density at radius 3 is 2.62 bits per heavy atom. The minimum Gasteiger partial charge on any atom is -0.477 e. The number of nitrogens with zero attached hydrogens (tertiary/aromatic N) is 1. The minimum atomic E-state index is -0.520. The third kappa shape index (κ3) is 4.09. The Balaban J connectivity index is 2.00. The van der Waals surface area contributed by atoms with Crippen LogP contribution in [0.15, 0.2) is 24.3 Å². The van der Waals surface area contributed by atoms with Gasteiger partial charge < -0.3 is 24.4 Å². The molecule has 6 heteroatoms. The van der Waals surface area contributed by atoms with Gasteiger partial charge in [-0.05, 0) is 12.1 Å². The summed E-state index contributed by atoms with van der Waals surface area (Å²) in [5, 5.41) is 3.23. The van der Waals surface area contributed by atoms with Crippen LogP contribution in [0.3, 0.4) is 0 Å². The van der Waals surface area contributed by atoms with Crippen molar-refractivity contribution in [3.8, 4) is 5.75 Å². The second-order valence-electron chi connectivity index (χ2n) is 4.79. The van der Waals surface area contributed by atoms with E-state index >= 15 is 0 Å². The van der Waals surface area contributed by atoms with Crippen molar-refractivity contribution in [3.63, 3.8) is 0 Å². The maximum Gasteiger partial charge on any atom is 0.265 e. The third-order valence-electron chi connectivity index (χ3n) is 3.35. The van der Waals surface area contributed by atoms with Gasteiger partial charge in [0.05, 0.1) is 25.4 Å². The summed E-state index contributed by atoms with van der Waals surface area (Å²) in [6, 6.07) is 7.61. The molecule has 1 heterocycles. The first kappa shape index (κ1) is 15.6. The number of para-hydroxylation sites is 2. The van der Waals surface area contributed by atoms with E-state index < -0.39 is 6.10 Å². The molecule has 1 atom stereocenters. The summed E-state index contributed by atoms with van der Waals surface area (Å²) in [6.07, 6.45) is -0.520. The number of benzene rings is 1. The summed E-state index contributed by atoms with van der Waals surface area (Å²) in [6.45, 7) is 2.51. The molecule has 0 aromatic heterocycles. The average Bonchev–Trinajstić information content (AvgIpc) is 2.54. The molecule has 0 radical (unpaired) electrons. The van der Waals surface area contributed by atoms with Crippen LogP contribution in [0, 0.1) is 0 Å². The van der Waals surface area contributed by atoms with Gasteiger partial charge in [0.2, 0.25) is 0 Å². The molecule has 6 nitrogen and oxygen atoms in total. The Hall–Kier alpha value is -1.79. The molecule has 1 unspecified atom stereocenters. The van der Waals surface area contributed by atoms with Crippen molar-refractivity contribution >= 4 is 11.6 Å². The van der Waals surface area contributed by atoms with Crippen LogP contribution < -0.4 is 10.1 Å². The molecule has 2 rings (SSSR count). The molecule has 1 aliphatic heterocycles. The number of rotatable bonds is 7. The summed E-state index contributed by atoms with van der Waals surface area (Å²) >= 11 is 0. The quantitative estimate of drug-likeness (QED) is 0.812. The van der Waals surface area contributed by atoms with Crippen LogP contribution in [-0.2, 0) is 14.3 Å². The number of carbonyl (C=O) groups excluding carboxylic acids is 1. The van der Waals surface area contributed by atoms with Gasteiger partial charge in [0.25, 0.3) is 5.91 Å². The zero-order valence-corrected chi connectivity index (χ0v) is 12.5. The van der Waals surface area contributed by atoms with Gasteiger partial charge in [-0.15, -0.1) is 0 Å². The van der Waals surface area contributed by atoms with Gasteiger partial charge in [-0.1, -0.05) is 12.1 Å². The van der Waals surface area contributed by atoms with Gasteiger partial charge in [0, 0.05) is 27.3 Å². The van der Waals surface area contributed by atoms with Crippen molar-refractivity contribution in [3.05, 3.63) is 24.3 Å². The topological polar surface area (TPSA) is 60.0 Å². The van der Waals surface area contributed by atoms with E-state index in [9.17, 15) is 4.79 Å². The molecule has 1 aliphatic rings. The highest BCUT2D eigenvalue weighted by atomic mass is 16.5. The lowest BCUT2D eigenvalue weighted by Crippen LogP contribution is -2.48. The fourth-order valence-corrected chi connectivity index (χ4v) is 2.19. The van der Waals surface area contributed by atoms with Gasteiger partial charge in [0.15, 0.2) is 6.10 Å². The van der Waals surface area contributed by atoms with Crippen molar-refractivity contribution in [1.29, 1.82) is 0 Å². The molecule has 1 N–H and O–H groups in total. The number of methoxy groups -OCH3 is 2. The van der Waals surface area contributed by atoms with Gasteiger partial charge in [-0.25, -0.2) is 0 Å². The molecule has 0 spiro atoms. The van der Waals surface area contributed by atoms with Crippen molar-refractivity contribution in [1.82, 2.24) is 4.90 Å². The molecule has 21 heavy (non-hydrogen) atoms. The van der Waals surface area contributed by atoms with E-state index in [1.54, 1.807) is 19.1 Å². The van der Waals surface area contributed by atoms with Gasteiger partial charge in [0.1, 0.15) is 5.75 Å². The van der Waals surface area contributed by atoms with Crippen molar-refractivity contribution in [2.75, 3.05) is 52.4 Å². The number of carbonyl (C=O) groups is 1. The first-order valence-corrected chi connectivity index (χ1v) is 7.02. The average molecular weight is 294 g/mol. The zero-order valence-electron chi connectivity index (χ0n) is 12.5. The highest BCUT2D eigenvalue weighted by Gasteiger charge is 2.29. The highest BCUT2D eigenvalue weighted by Crippen LogP contribution is 2.28. The number of hydrogen-bond donors (Lipinski definition) is 1. The summed E-state index contributed by atoms with van der Waals surface area (Å²) in [5.41, 5.74) is 0.918. The van der Waals surface area contributed by atoms with Gasteiger partial charge in [-0.2, -0.15) is 0 Å². The summed E-state index contributed by atoms with van der Waals surface area (Å²) in [4.78, 5) is 14.3. The number of fused-ring (bicyclic) bond motifs is 1. The Morgan fingerprint density at radius 1 is 1.29 bits per heavy atom. The lowest BCUT2D eigenvalue weighted by Gasteiger charge is -2.31. The standard InChI is InChI=1S/C15H22N2O4/c1-19-9-7-17(8-10-20-2)15(18)14-11-16-12-5-3-4-6-13(12)21-14/h3-6,14,16H,7-11H2,1-2H3. The molecular weight excluding hydrogens is 272 g/mol. The number of anilines is 1. The molecule has 1 aromatic carbocycles. The van der Waals surface area contributed by atoms with Crippen LogP contribution in [-0.4, -0.2) is 64.0 Å². The predicted octanol–water partition coefficient (Wildman–Crippen LogP) is 0.981.